The van der Waals surface area contributed by atoms with Crippen molar-refractivity contribution in [2.24, 2.45) is 0 Å². The summed E-state index contributed by atoms with van der Waals surface area (Å²) in [5, 5.41) is 28.9. The van der Waals surface area contributed by atoms with E-state index in [-0.39, 0.29) is 17.7 Å². The lowest BCUT2D eigenvalue weighted by Crippen LogP contribution is -2.49. The highest BCUT2D eigenvalue weighted by molar-refractivity contribution is 5.91. The molecule has 0 amide bonds. The summed E-state index contributed by atoms with van der Waals surface area (Å²) in [5.41, 5.74) is 1.28. The largest absolute Gasteiger partial charge is 0.478 e. The van der Waals surface area contributed by atoms with Crippen molar-refractivity contribution in [3.05, 3.63) is 35.3 Å². The van der Waals surface area contributed by atoms with Gasteiger partial charge in [-0.25, -0.2) is 9.18 Å². The number of hydrogen-bond acceptors (Lipinski definition) is 6. The van der Waals surface area contributed by atoms with E-state index in [1.54, 1.807) is 6.07 Å². The Kier molecular flexibility index (Phi) is 4.73. The second-order valence-corrected chi connectivity index (χ2v) is 7.62. The Bertz CT molecular complexity index is 869. The molecular formula is C20H23FN4O3. The fourth-order valence-corrected chi connectivity index (χ4v) is 3.97. The molecule has 1 aromatic rings. The van der Waals surface area contributed by atoms with E-state index >= 15 is 0 Å². The number of aliphatic hydroxyl groups excluding tert-OH is 1. The van der Waals surface area contributed by atoms with Crippen LogP contribution in [0.5, 0.6) is 0 Å². The number of hydrogen-bond donors (Lipinski definition) is 2. The number of carboxylic acids is 1. The first-order valence-corrected chi connectivity index (χ1v) is 9.54. The van der Waals surface area contributed by atoms with Crippen molar-refractivity contribution in [3.8, 4) is 6.07 Å². The van der Waals surface area contributed by atoms with Crippen molar-refractivity contribution >= 4 is 17.3 Å². The van der Waals surface area contributed by atoms with E-state index in [1.807, 2.05) is 16.7 Å². The van der Waals surface area contributed by atoms with Crippen molar-refractivity contribution < 1.29 is 19.4 Å². The minimum Gasteiger partial charge on any atom is -0.478 e. The molecule has 1 aromatic carbocycles. The zero-order chi connectivity index (χ0) is 20.0. The first-order valence-electron chi connectivity index (χ1n) is 9.54. The third-order valence-corrected chi connectivity index (χ3v) is 5.82. The van der Waals surface area contributed by atoms with Crippen molar-refractivity contribution in [3.63, 3.8) is 0 Å². The lowest BCUT2D eigenvalue weighted by molar-refractivity contribution is -0.133. The van der Waals surface area contributed by atoms with Gasteiger partial charge in [0.15, 0.2) is 0 Å². The molecule has 1 saturated carbocycles. The molecule has 8 heteroatoms. The molecule has 2 unspecified atom stereocenters. The van der Waals surface area contributed by atoms with Gasteiger partial charge in [-0.05, 0) is 31.9 Å². The summed E-state index contributed by atoms with van der Waals surface area (Å²) in [6, 6.07) is 5.24. The smallest absolute Gasteiger partial charge is 0.336 e. The number of carbonyl (C=O) groups is 1. The average molecular weight is 386 g/mol. The van der Waals surface area contributed by atoms with Crippen LogP contribution in [0.3, 0.4) is 0 Å². The first kappa shape index (κ1) is 18.7. The SMILES string of the molecule is CC(C#N)N1CCN(c2cc3c(cc2F)C(O)C(C(=O)O)=CN3C2CC2)CC1. The molecule has 2 aliphatic heterocycles. The maximum atomic E-state index is 14.9. The van der Waals surface area contributed by atoms with Gasteiger partial charge in [-0.1, -0.05) is 0 Å². The number of piperazine rings is 1. The van der Waals surface area contributed by atoms with Crippen LogP contribution < -0.4 is 9.80 Å². The summed E-state index contributed by atoms with van der Waals surface area (Å²) >= 11 is 0. The number of nitrogens with zero attached hydrogens (tertiary/aromatic N) is 4. The maximum Gasteiger partial charge on any atom is 0.336 e. The molecule has 2 fully saturated rings. The van der Waals surface area contributed by atoms with Crippen molar-refractivity contribution in [1.82, 2.24) is 4.90 Å². The molecular weight excluding hydrogens is 363 g/mol. The third kappa shape index (κ3) is 3.21. The lowest BCUT2D eigenvalue weighted by Gasteiger charge is -2.38. The summed E-state index contributed by atoms with van der Waals surface area (Å²) in [4.78, 5) is 17.4. The summed E-state index contributed by atoms with van der Waals surface area (Å²) < 4.78 is 14.9. The standard InChI is InChI=1S/C20H23FN4O3/c1-12(10-22)23-4-6-24(7-5-23)18-9-17-14(8-16(18)21)19(26)15(20(27)28)11-25(17)13-2-3-13/h8-9,11-13,19,26H,2-7H2,1H3,(H,27,28). The number of rotatable bonds is 4. The highest BCUT2D eigenvalue weighted by atomic mass is 19.1. The molecule has 7 nitrogen and oxygen atoms in total. The van der Waals surface area contributed by atoms with E-state index in [0.29, 0.717) is 43.1 Å². The van der Waals surface area contributed by atoms with Gasteiger partial charge in [-0.2, -0.15) is 5.26 Å². The van der Waals surface area contributed by atoms with E-state index in [0.717, 1.165) is 12.8 Å². The van der Waals surface area contributed by atoms with Gasteiger partial charge in [0.2, 0.25) is 0 Å². The summed E-state index contributed by atoms with van der Waals surface area (Å²) in [6.07, 6.45) is 2.02. The van der Waals surface area contributed by atoms with Gasteiger partial charge in [0.05, 0.1) is 23.4 Å². The zero-order valence-electron chi connectivity index (χ0n) is 15.7. The van der Waals surface area contributed by atoms with Crippen LogP contribution in [0.2, 0.25) is 0 Å². The van der Waals surface area contributed by atoms with E-state index in [1.165, 1.54) is 12.3 Å². The van der Waals surface area contributed by atoms with Gasteiger partial charge >= 0.3 is 5.97 Å². The highest BCUT2D eigenvalue weighted by Crippen LogP contribution is 2.44. The van der Waals surface area contributed by atoms with Crippen LogP contribution in [0.1, 0.15) is 31.4 Å². The molecule has 0 spiro atoms. The number of halogens is 1. The number of fused-ring (bicyclic) bond motifs is 1. The zero-order valence-corrected chi connectivity index (χ0v) is 15.7. The van der Waals surface area contributed by atoms with Gasteiger partial charge in [0.1, 0.15) is 11.9 Å². The molecule has 1 saturated heterocycles. The third-order valence-electron chi connectivity index (χ3n) is 5.82. The molecule has 0 bridgehead atoms. The van der Waals surface area contributed by atoms with Gasteiger partial charge in [0.25, 0.3) is 0 Å². The van der Waals surface area contributed by atoms with Crippen LogP contribution >= 0.6 is 0 Å². The van der Waals surface area contributed by atoms with Crippen LogP contribution in [0.4, 0.5) is 15.8 Å². The fraction of sp³-hybridized carbons (Fsp3) is 0.500. The monoisotopic (exact) mass is 386 g/mol. The number of benzene rings is 1. The number of aliphatic hydroxyl groups is 1. The summed E-state index contributed by atoms with van der Waals surface area (Å²) in [7, 11) is 0. The Morgan fingerprint density at radius 2 is 1.93 bits per heavy atom. The molecule has 1 aliphatic carbocycles. The normalized spacial score (nSPS) is 23.6. The molecule has 148 valence electrons. The first-order chi connectivity index (χ1) is 13.4. The van der Waals surface area contributed by atoms with E-state index in [4.69, 9.17) is 5.26 Å². The number of anilines is 2. The Balaban J connectivity index is 1.65. The van der Waals surface area contributed by atoms with Crippen LogP contribution in [0.15, 0.2) is 23.9 Å². The topological polar surface area (TPSA) is 91.0 Å². The Morgan fingerprint density at radius 3 is 2.50 bits per heavy atom. The predicted molar refractivity (Wildman–Crippen MR) is 101 cm³/mol. The molecule has 3 aliphatic rings. The minimum absolute atomic E-state index is 0.134. The van der Waals surface area contributed by atoms with Crippen LogP contribution in [-0.4, -0.2) is 59.3 Å². The minimum atomic E-state index is -1.35. The predicted octanol–water partition coefficient (Wildman–Crippen LogP) is 1.84. The maximum absolute atomic E-state index is 14.9. The number of carboxylic acid groups (broad SMARTS) is 1. The second kappa shape index (κ2) is 7.08. The quantitative estimate of drug-likeness (QED) is 0.816. The summed E-state index contributed by atoms with van der Waals surface area (Å²) in [5.74, 6) is -1.67. The van der Waals surface area contributed by atoms with Gasteiger partial charge in [-0.15, -0.1) is 0 Å². The van der Waals surface area contributed by atoms with Crippen LogP contribution in [0.25, 0.3) is 0 Å². The molecule has 0 radical (unpaired) electrons. The Hall–Kier alpha value is -2.63. The molecule has 28 heavy (non-hydrogen) atoms. The highest BCUT2D eigenvalue weighted by Gasteiger charge is 2.38. The fourth-order valence-electron chi connectivity index (χ4n) is 3.97. The average Bonchev–Trinajstić information content (AvgIpc) is 3.52. The van der Waals surface area contributed by atoms with E-state index in [2.05, 4.69) is 11.0 Å². The van der Waals surface area contributed by atoms with Crippen molar-refractivity contribution in [1.29, 1.82) is 5.26 Å². The molecule has 2 N–H and O–H groups in total. The number of nitriles is 1. The Labute approximate surface area is 162 Å². The van der Waals surface area contributed by atoms with E-state index < -0.39 is 17.9 Å². The summed E-state index contributed by atoms with van der Waals surface area (Å²) in [6.45, 7) is 4.40. The molecule has 4 rings (SSSR count). The number of aliphatic carboxylic acids is 1. The molecule has 0 aromatic heterocycles. The van der Waals surface area contributed by atoms with E-state index in [9.17, 15) is 19.4 Å². The van der Waals surface area contributed by atoms with Crippen molar-refractivity contribution in [2.75, 3.05) is 36.0 Å². The molecule has 2 atom stereocenters. The van der Waals surface area contributed by atoms with Crippen LogP contribution in [-0.2, 0) is 4.79 Å². The van der Waals surface area contributed by atoms with Gasteiger partial charge < -0.3 is 20.0 Å². The Morgan fingerprint density at radius 1 is 1.25 bits per heavy atom. The lowest BCUT2D eigenvalue weighted by atomic mass is 9.95. The second-order valence-electron chi connectivity index (χ2n) is 7.62. The van der Waals surface area contributed by atoms with Gasteiger partial charge in [0, 0.05) is 49.7 Å². The van der Waals surface area contributed by atoms with Gasteiger partial charge in [-0.3, -0.25) is 4.90 Å². The van der Waals surface area contributed by atoms with Crippen molar-refractivity contribution in [2.45, 2.75) is 38.0 Å². The van der Waals surface area contributed by atoms with Crippen LogP contribution in [0, 0.1) is 17.1 Å². The molecule has 2 heterocycles.